The standard InChI is InChI=1S/C13H15NO5S/c15-13(16)11-5-9(11)7-14-20(17,18)10-2-1-8-3-4-19-12(8)6-10/h1-2,6,9,11,14H,3-5,7H2,(H,15,16)/t9-,11+/m0/s1. The van der Waals surface area contributed by atoms with E-state index in [1.165, 1.54) is 6.07 Å². The molecule has 0 unspecified atom stereocenters. The second kappa shape index (κ2) is 4.75. The van der Waals surface area contributed by atoms with Crippen molar-refractivity contribution in [3.63, 3.8) is 0 Å². The predicted octanol–water partition coefficient (Wildman–Crippen LogP) is 0.620. The van der Waals surface area contributed by atoms with Crippen molar-refractivity contribution in [3.8, 4) is 5.75 Å². The first kappa shape index (κ1) is 13.4. The Labute approximate surface area is 116 Å². The summed E-state index contributed by atoms with van der Waals surface area (Å²) < 4.78 is 32.1. The van der Waals surface area contributed by atoms with Crippen LogP contribution in [0.2, 0.25) is 0 Å². The first-order chi connectivity index (χ1) is 9.47. The van der Waals surface area contributed by atoms with Gasteiger partial charge in [-0.25, -0.2) is 13.1 Å². The van der Waals surface area contributed by atoms with E-state index in [1.54, 1.807) is 12.1 Å². The lowest BCUT2D eigenvalue weighted by molar-refractivity contribution is -0.138. The number of hydrogen-bond donors (Lipinski definition) is 2. The van der Waals surface area contributed by atoms with Crippen molar-refractivity contribution in [2.24, 2.45) is 11.8 Å². The van der Waals surface area contributed by atoms with Crippen molar-refractivity contribution in [2.45, 2.75) is 17.7 Å². The van der Waals surface area contributed by atoms with E-state index in [2.05, 4.69) is 4.72 Å². The van der Waals surface area contributed by atoms with Crippen LogP contribution in [0.1, 0.15) is 12.0 Å². The lowest BCUT2D eigenvalue weighted by Crippen LogP contribution is -2.26. The number of ether oxygens (including phenoxy) is 1. The minimum absolute atomic E-state index is 0.104. The summed E-state index contributed by atoms with van der Waals surface area (Å²) in [7, 11) is -3.61. The third kappa shape index (κ3) is 2.51. The molecule has 2 N–H and O–H groups in total. The highest BCUT2D eigenvalue weighted by molar-refractivity contribution is 7.89. The molecule has 1 aromatic rings. The predicted molar refractivity (Wildman–Crippen MR) is 70.1 cm³/mol. The van der Waals surface area contributed by atoms with E-state index >= 15 is 0 Å². The normalized spacial score (nSPS) is 24.0. The molecule has 1 aliphatic heterocycles. The Hall–Kier alpha value is -1.60. The first-order valence-corrected chi connectivity index (χ1v) is 7.94. The van der Waals surface area contributed by atoms with Crippen LogP contribution in [0.25, 0.3) is 0 Å². The quantitative estimate of drug-likeness (QED) is 0.831. The van der Waals surface area contributed by atoms with Gasteiger partial charge in [0.15, 0.2) is 0 Å². The smallest absolute Gasteiger partial charge is 0.306 e. The molecule has 1 fully saturated rings. The summed E-state index contributed by atoms with van der Waals surface area (Å²) in [6.45, 7) is 0.742. The van der Waals surface area contributed by atoms with Crippen molar-refractivity contribution < 1.29 is 23.1 Å². The number of aliphatic carboxylic acids is 1. The second-order valence-corrected chi connectivity index (χ2v) is 6.93. The molecule has 0 aromatic heterocycles. The van der Waals surface area contributed by atoms with Gasteiger partial charge in [0.25, 0.3) is 0 Å². The molecule has 2 atom stereocenters. The molecule has 0 radical (unpaired) electrons. The highest BCUT2D eigenvalue weighted by Crippen LogP contribution is 2.38. The Morgan fingerprint density at radius 1 is 1.45 bits per heavy atom. The van der Waals surface area contributed by atoms with E-state index in [0.29, 0.717) is 18.8 Å². The van der Waals surface area contributed by atoms with Gasteiger partial charge < -0.3 is 9.84 Å². The Bertz CT molecular complexity index is 655. The van der Waals surface area contributed by atoms with Crippen LogP contribution in [0, 0.1) is 11.8 Å². The molecule has 7 heteroatoms. The van der Waals surface area contributed by atoms with Crippen molar-refractivity contribution in [2.75, 3.05) is 13.2 Å². The van der Waals surface area contributed by atoms with E-state index in [4.69, 9.17) is 9.84 Å². The van der Waals surface area contributed by atoms with E-state index in [-0.39, 0.29) is 17.4 Å². The van der Waals surface area contributed by atoms with E-state index in [1.807, 2.05) is 0 Å². The number of carboxylic acid groups (broad SMARTS) is 1. The average molecular weight is 297 g/mol. The maximum atomic E-state index is 12.1. The second-order valence-electron chi connectivity index (χ2n) is 5.16. The SMILES string of the molecule is O=C(O)[C@@H]1C[C@H]1CNS(=O)(=O)c1ccc2c(c1)OCC2. The van der Waals surface area contributed by atoms with Gasteiger partial charge in [0.05, 0.1) is 17.4 Å². The molecule has 1 heterocycles. The third-order valence-corrected chi connectivity index (χ3v) is 5.17. The van der Waals surface area contributed by atoms with Crippen LogP contribution in [-0.4, -0.2) is 32.6 Å². The molecular formula is C13H15NO5S. The van der Waals surface area contributed by atoms with Crippen LogP contribution >= 0.6 is 0 Å². The summed E-state index contributed by atoms with van der Waals surface area (Å²) in [4.78, 5) is 10.9. The number of hydrogen-bond acceptors (Lipinski definition) is 4. The van der Waals surface area contributed by atoms with Crippen LogP contribution in [0.5, 0.6) is 5.75 Å². The highest BCUT2D eigenvalue weighted by Gasteiger charge is 2.43. The number of nitrogens with one attached hydrogen (secondary N) is 1. The third-order valence-electron chi connectivity index (χ3n) is 3.75. The first-order valence-electron chi connectivity index (χ1n) is 6.45. The van der Waals surface area contributed by atoms with Gasteiger partial charge in [0.2, 0.25) is 10.0 Å². The van der Waals surface area contributed by atoms with Crippen molar-refractivity contribution in [1.82, 2.24) is 4.72 Å². The zero-order valence-corrected chi connectivity index (χ0v) is 11.5. The number of carboxylic acids is 1. The Kier molecular flexibility index (Phi) is 3.18. The van der Waals surface area contributed by atoms with Gasteiger partial charge in [-0.05, 0) is 24.0 Å². The van der Waals surface area contributed by atoms with Gasteiger partial charge >= 0.3 is 5.97 Å². The molecule has 20 heavy (non-hydrogen) atoms. The maximum Gasteiger partial charge on any atom is 0.306 e. The van der Waals surface area contributed by atoms with Gasteiger partial charge in [0.1, 0.15) is 5.75 Å². The summed E-state index contributed by atoms with van der Waals surface area (Å²) in [5.74, 6) is -0.767. The molecule has 6 nitrogen and oxygen atoms in total. The fourth-order valence-electron chi connectivity index (χ4n) is 2.39. The topological polar surface area (TPSA) is 92.7 Å². The molecule has 0 spiro atoms. The summed E-state index contributed by atoms with van der Waals surface area (Å²) in [6, 6.07) is 4.83. The molecule has 3 rings (SSSR count). The zero-order chi connectivity index (χ0) is 14.3. The lowest BCUT2D eigenvalue weighted by Gasteiger charge is -2.07. The van der Waals surface area contributed by atoms with Gasteiger partial charge in [-0.2, -0.15) is 0 Å². The molecule has 1 aromatic carbocycles. The molecule has 0 saturated heterocycles. The van der Waals surface area contributed by atoms with Gasteiger partial charge in [-0.15, -0.1) is 0 Å². The molecule has 108 valence electrons. The van der Waals surface area contributed by atoms with Crippen molar-refractivity contribution in [3.05, 3.63) is 23.8 Å². The van der Waals surface area contributed by atoms with Crippen LogP contribution < -0.4 is 9.46 Å². The Morgan fingerprint density at radius 3 is 2.95 bits per heavy atom. The Balaban J connectivity index is 1.68. The van der Waals surface area contributed by atoms with E-state index in [9.17, 15) is 13.2 Å². The summed E-state index contributed by atoms with van der Waals surface area (Å²) >= 11 is 0. The van der Waals surface area contributed by atoms with Crippen LogP contribution in [0.3, 0.4) is 0 Å². The molecule has 1 saturated carbocycles. The molecule has 0 amide bonds. The number of carbonyl (C=O) groups is 1. The zero-order valence-electron chi connectivity index (χ0n) is 10.7. The number of benzene rings is 1. The maximum absolute atomic E-state index is 12.1. The van der Waals surface area contributed by atoms with E-state index in [0.717, 1.165) is 12.0 Å². The van der Waals surface area contributed by atoms with Crippen LogP contribution in [0.15, 0.2) is 23.1 Å². The average Bonchev–Trinajstić information content (AvgIpc) is 3.04. The monoisotopic (exact) mass is 297 g/mol. The number of fused-ring (bicyclic) bond motifs is 1. The van der Waals surface area contributed by atoms with Crippen molar-refractivity contribution in [1.29, 1.82) is 0 Å². The summed E-state index contributed by atoms with van der Waals surface area (Å²) in [5.41, 5.74) is 1.01. The molecular weight excluding hydrogens is 282 g/mol. The van der Waals surface area contributed by atoms with Crippen molar-refractivity contribution >= 4 is 16.0 Å². The van der Waals surface area contributed by atoms with Crippen LogP contribution in [-0.2, 0) is 21.2 Å². The highest BCUT2D eigenvalue weighted by atomic mass is 32.2. The number of rotatable bonds is 5. The number of sulfonamides is 1. The minimum atomic E-state index is -3.61. The van der Waals surface area contributed by atoms with E-state index < -0.39 is 21.9 Å². The lowest BCUT2D eigenvalue weighted by atomic mass is 10.2. The van der Waals surface area contributed by atoms with Gasteiger partial charge in [0, 0.05) is 19.0 Å². The summed E-state index contributed by atoms with van der Waals surface area (Å²) in [5, 5.41) is 8.78. The Morgan fingerprint density at radius 2 is 2.25 bits per heavy atom. The largest absolute Gasteiger partial charge is 0.493 e. The molecule has 1 aliphatic carbocycles. The van der Waals surface area contributed by atoms with Gasteiger partial charge in [-0.1, -0.05) is 6.07 Å². The summed E-state index contributed by atoms with van der Waals surface area (Å²) in [6.07, 6.45) is 1.33. The fraction of sp³-hybridized carbons (Fsp3) is 0.462. The fourth-order valence-corrected chi connectivity index (χ4v) is 3.50. The minimum Gasteiger partial charge on any atom is -0.493 e. The van der Waals surface area contributed by atoms with Crippen LogP contribution in [0.4, 0.5) is 0 Å². The molecule has 2 aliphatic rings. The van der Waals surface area contributed by atoms with Gasteiger partial charge in [-0.3, -0.25) is 4.79 Å². The molecule has 0 bridgehead atoms.